The first-order valence-corrected chi connectivity index (χ1v) is 9.32. The molecule has 1 aliphatic heterocycles. The quantitative estimate of drug-likeness (QED) is 0.317. The first-order chi connectivity index (χ1) is 12.5. The Morgan fingerprint density at radius 3 is 2.69 bits per heavy atom. The summed E-state index contributed by atoms with van der Waals surface area (Å²) >= 11 is 0. The van der Waals surface area contributed by atoms with E-state index in [1.54, 1.807) is 0 Å². The molecule has 0 aliphatic carbocycles. The molecule has 26 heavy (non-hydrogen) atoms. The normalized spacial score (nSPS) is 18.8. The Hall–Kier alpha value is -2.07. The molecular weight excluding hydrogens is 324 g/mol. The van der Waals surface area contributed by atoms with Gasteiger partial charge < -0.3 is 14.4 Å². The molecule has 1 unspecified atom stereocenters. The molecule has 1 saturated heterocycles. The maximum Gasteiger partial charge on any atom is 0.121 e. The van der Waals surface area contributed by atoms with Crippen molar-refractivity contribution in [3.8, 4) is 0 Å². The molecule has 0 N–H and O–H groups in total. The Morgan fingerprint density at radius 1 is 1.31 bits per heavy atom. The summed E-state index contributed by atoms with van der Waals surface area (Å²) in [5, 5.41) is 0. The predicted octanol–water partition coefficient (Wildman–Crippen LogP) is 4.88. The summed E-state index contributed by atoms with van der Waals surface area (Å²) in [6.45, 7) is 12.3. The Balaban J connectivity index is 2.71. The lowest BCUT2D eigenvalue weighted by molar-refractivity contribution is 0.0598. The SMILES string of the molecule is C=N/C(C)=C/C=C(\C=C\N(C)CC1CCOCC1)OC(C)/C=C\C=C/C. The maximum atomic E-state index is 6.03. The minimum atomic E-state index is -0.0201. The summed E-state index contributed by atoms with van der Waals surface area (Å²) in [4.78, 5) is 6.13. The molecule has 4 heteroatoms. The number of aliphatic imine (C=N–C) groups is 1. The number of hydrogen-bond acceptors (Lipinski definition) is 4. The van der Waals surface area contributed by atoms with E-state index in [0.717, 1.165) is 44.1 Å². The smallest absolute Gasteiger partial charge is 0.121 e. The van der Waals surface area contributed by atoms with Gasteiger partial charge in [0.15, 0.2) is 0 Å². The van der Waals surface area contributed by atoms with Gasteiger partial charge in [0.05, 0.1) is 0 Å². The van der Waals surface area contributed by atoms with Gasteiger partial charge >= 0.3 is 0 Å². The summed E-state index contributed by atoms with van der Waals surface area (Å²) < 4.78 is 11.5. The van der Waals surface area contributed by atoms with E-state index in [1.165, 1.54) is 0 Å². The predicted molar refractivity (Wildman–Crippen MR) is 111 cm³/mol. The number of ether oxygens (including phenoxy) is 2. The first kappa shape index (κ1) is 22.0. The van der Waals surface area contributed by atoms with Gasteiger partial charge in [0.25, 0.3) is 0 Å². The van der Waals surface area contributed by atoms with Gasteiger partial charge in [-0.2, -0.15) is 0 Å². The molecule has 1 rings (SSSR count). The lowest BCUT2D eigenvalue weighted by atomic mass is 10.0. The van der Waals surface area contributed by atoms with Gasteiger partial charge in [0.1, 0.15) is 11.9 Å². The van der Waals surface area contributed by atoms with E-state index in [0.29, 0.717) is 5.92 Å². The topological polar surface area (TPSA) is 34.1 Å². The number of rotatable bonds is 10. The van der Waals surface area contributed by atoms with E-state index < -0.39 is 0 Å². The van der Waals surface area contributed by atoms with Gasteiger partial charge in [-0.3, -0.25) is 4.99 Å². The van der Waals surface area contributed by atoms with Crippen molar-refractivity contribution in [2.24, 2.45) is 10.9 Å². The number of nitrogens with zero attached hydrogens (tertiary/aromatic N) is 2. The van der Waals surface area contributed by atoms with Crippen molar-refractivity contribution in [1.29, 1.82) is 0 Å². The maximum absolute atomic E-state index is 6.03. The first-order valence-electron chi connectivity index (χ1n) is 9.32. The second-order valence-corrected chi connectivity index (χ2v) is 6.58. The fourth-order valence-electron chi connectivity index (χ4n) is 2.57. The summed E-state index contributed by atoms with van der Waals surface area (Å²) in [6, 6.07) is 0. The molecule has 1 aliphatic rings. The van der Waals surface area contributed by atoms with Crippen molar-refractivity contribution in [2.75, 3.05) is 26.8 Å². The summed E-state index contributed by atoms with van der Waals surface area (Å²) in [5.74, 6) is 1.49. The standard InChI is InChI=1S/C22H34N2O2/c1-6-7-8-9-20(3)26-22(11-10-19(2)23-4)12-15-24(5)18-21-13-16-25-17-14-21/h6-12,15,20-21H,4,13-14,16-18H2,1-3,5H3/b7-6-,9-8-,15-12+,19-10+,22-11+. The van der Waals surface area contributed by atoms with Crippen LogP contribution in [0.5, 0.6) is 0 Å². The van der Waals surface area contributed by atoms with Crippen LogP contribution in [0.3, 0.4) is 0 Å². The van der Waals surface area contributed by atoms with Crippen LogP contribution in [0.2, 0.25) is 0 Å². The summed E-state index contributed by atoms with van der Waals surface area (Å²) in [6.07, 6.45) is 18.2. The average molecular weight is 359 g/mol. The second-order valence-electron chi connectivity index (χ2n) is 6.58. The van der Waals surface area contributed by atoms with Crippen LogP contribution in [0, 0.1) is 5.92 Å². The van der Waals surface area contributed by atoms with Gasteiger partial charge in [0.2, 0.25) is 0 Å². The van der Waals surface area contributed by atoms with Crippen molar-refractivity contribution >= 4 is 6.72 Å². The second kappa shape index (κ2) is 13.2. The van der Waals surface area contributed by atoms with Crippen LogP contribution in [0.4, 0.5) is 0 Å². The highest BCUT2D eigenvalue weighted by Crippen LogP contribution is 2.16. The van der Waals surface area contributed by atoms with Gasteiger partial charge in [-0.05, 0) is 70.6 Å². The van der Waals surface area contributed by atoms with Crippen molar-refractivity contribution < 1.29 is 9.47 Å². The van der Waals surface area contributed by atoms with Gasteiger partial charge in [-0.25, -0.2) is 0 Å². The molecule has 0 saturated carbocycles. The molecular formula is C22H34N2O2. The zero-order chi connectivity index (χ0) is 19.2. The molecule has 0 amide bonds. The fraction of sp³-hybridized carbons (Fsp3) is 0.500. The van der Waals surface area contributed by atoms with Crippen molar-refractivity contribution in [2.45, 2.75) is 39.7 Å². The zero-order valence-electron chi connectivity index (χ0n) is 16.7. The lowest BCUT2D eigenvalue weighted by Gasteiger charge is -2.26. The third kappa shape index (κ3) is 10.0. The molecule has 1 atom stereocenters. The molecule has 0 bridgehead atoms. The third-order valence-electron chi connectivity index (χ3n) is 4.13. The van der Waals surface area contributed by atoms with Crippen LogP contribution in [-0.4, -0.2) is 44.5 Å². The van der Waals surface area contributed by atoms with Crippen LogP contribution < -0.4 is 0 Å². The minimum Gasteiger partial charge on any atom is -0.487 e. The molecule has 1 heterocycles. The van der Waals surface area contributed by atoms with E-state index in [4.69, 9.17) is 9.47 Å². The van der Waals surface area contributed by atoms with Crippen LogP contribution in [0.15, 0.2) is 65.2 Å². The monoisotopic (exact) mass is 358 g/mol. The van der Waals surface area contributed by atoms with Crippen LogP contribution in [-0.2, 0) is 9.47 Å². The molecule has 0 aromatic rings. The van der Waals surface area contributed by atoms with Crippen molar-refractivity contribution in [3.63, 3.8) is 0 Å². The summed E-state index contributed by atoms with van der Waals surface area (Å²) in [5.41, 5.74) is 0.854. The lowest BCUT2D eigenvalue weighted by Crippen LogP contribution is -2.26. The third-order valence-corrected chi connectivity index (χ3v) is 4.13. The Morgan fingerprint density at radius 2 is 2.04 bits per heavy atom. The summed E-state index contributed by atoms with van der Waals surface area (Å²) in [7, 11) is 2.10. The van der Waals surface area contributed by atoms with Crippen LogP contribution in [0.25, 0.3) is 0 Å². The van der Waals surface area contributed by atoms with Crippen LogP contribution >= 0.6 is 0 Å². The van der Waals surface area contributed by atoms with Gasteiger partial charge in [-0.1, -0.05) is 18.2 Å². The van der Waals surface area contributed by atoms with Crippen molar-refractivity contribution in [3.05, 3.63) is 60.2 Å². The largest absolute Gasteiger partial charge is 0.487 e. The van der Waals surface area contributed by atoms with E-state index in [1.807, 2.05) is 63.3 Å². The highest BCUT2D eigenvalue weighted by atomic mass is 16.5. The highest BCUT2D eigenvalue weighted by Gasteiger charge is 2.14. The fourth-order valence-corrected chi connectivity index (χ4v) is 2.57. The van der Waals surface area contributed by atoms with Crippen LogP contribution in [0.1, 0.15) is 33.6 Å². The molecule has 0 radical (unpaired) electrons. The Kier molecular flexibility index (Phi) is 11.1. The van der Waals surface area contributed by atoms with Gasteiger partial charge in [0, 0.05) is 38.7 Å². The van der Waals surface area contributed by atoms with E-state index in [-0.39, 0.29) is 6.10 Å². The molecule has 4 nitrogen and oxygen atoms in total. The van der Waals surface area contributed by atoms with E-state index in [2.05, 4.69) is 29.9 Å². The molecule has 0 aromatic heterocycles. The molecule has 0 spiro atoms. The Bertz CT molecular complexity index is 552. The molecule has 0 aromatic carbocycles. The highest BCUT2D eigenvalue weighted by molar-refractivity contribution is 5.30. The van der Waals surface area contributed by atoms with Crippen molar-refractivity contribution in [1.82, 2.24) is 4.90 Å². The van der Waals surface area contributed by atoms with Gasteiger partial charge in [-0.15, -0.1) is 0 Å². The Labute approximate surface area is 159 Å². The minimum absolute atomic E-state index is 0.0201. The molecule has 144 valence electrons. The molecule has 1 fully saturated rings. The number of allylic oxidation sites excluding steroid dienone is 7. The van der Waals surface area contributed by atoms with E-state index >= 15 is 0 Å². The van der Waals surface area contributed by atoms with E-state index in [9.17, 15) is 0 Å². The average Bonchev–Trinajstić information content (AvgIpc) is 2.64. The number of hydrogen-bond donors (Lipinski definition) is 0. The zero-order valence-corrected chi connectivity index (χ0v) is 16.7.